The minimum atomic E-state index is -0.846. The van der Waals surface area contributed by atoms with Crippen LogP contribution in [0.5, 0.6) is 0 Å². The maximum atomic E-state index is 11.9. The van der Waals surface area contributed by atoms with Crippen LogP contribution in [0.2, 0.25) is 0 Å². The predicted octanol–water partition coefficient (Wildman–Crippen LogP) is -0.355. The van der Waals surface area contributed by atoms with E-state index >= 15 is 0 Å². The van der Waals surface area contributed by atoms with Crippen LogP contribution in [-0.4, -0.2) is 73.1 Å². The summed E-state index contributed by atoms with van der Waals surface area (Å²) in [5.41, 5.74) is 1.19. The van der Waals surface area contributed by atoms with Gasteiger partial charge in [-0.05, 0) is 19.0 Å². The summed E-state index contributed by atoms with van der Waals surface area (Å²) in [7, 11) is 1.82. The predicted molar refractivity (Wildman–Crippen MR) is 87.0 cm³/mol. The third-order valence-corrected chi connectivity index (χ3v) is 4.04. The van der Waals surface area contributed by atoms with E-state index in [9.17, 15) is 15.0 Å². The minimum absolute atomic E-state index is 0.0461. The van der Waals surface area contributed by atoms with Crippen molar-refractivity contribution in [2.75, 3.05) is 39.9 Å². The molecule has 1 fully saturated rings. The van der Waals surface area contributed by atoms with Crippen LogP contribution in [0.15, 0.2) is 30.3 Å². The van der Waals surface area contributed by atoms with Crippen molar-refractivity contribution < 1.29 is 19.7 Å². The Hall–Kier alpha value is -1.47. The molecular weight excluding hydrogens is 296 g/mol. The number of nitrogens with zero attached hydrogens (tertiary/aromatic N) is 1. The molecule has 0 aromatic heterocycles. The van der Waals surface area contributed by atoms with Crippen molar-refractivity contribution in [2.45, 2.75) is 18.6 Å². The quantitative estimate of drug-likeness (QED) is 0.639. The summed E-state index contributed by atoms with van der Waals surface area (Å²) >= 11 is 0. The van der Waals surface area contributed by atoms with Gasteiger partial charge >= 0.3 is 0 Å². The monoisotopic (exact) mass is 322 g/mol. The van der Waals surface area contributed by atoms with Crippen molar-refractivity contribution in [1.29, 1.82) is 0 Å². The van der Waals surface area contributed by atoms with E-state index in [2.05, 4.69) is 5.32 Å². The fraction of sp³-hybridized carbons (Fsp3) is 0.588. The molecule has 128 valence electrons. The zero-order chi connectivity index (χ0) is 16.7. The van der Waals surface area contributed by atoms with Crippen LogP contribution in [0.25, 0.3) is 0 Å². The molecule has 1 heterocycles. The summed E-state index contributed by atoms with van der Waals surface area (Å²) < 4.78 is 5.25. The maximum Gasteiger partial charge on any atom is 0.234 e. The molecule has 1 amide bonds. The molecular formula is C17H26N2O4. The third-order valence-electron chi connectivity index (χ3n) is 4.04. The first-order valence-corrected chi connectivity index (χ1v) is 7.99. The lowest BCUT2D eigenvalue weighted by Crippen LogP contribution is -2.49. The lowest BCUT2D eigenvalue weighted by Gasteiger charge is -2.34. The van der Waals surface area contributed by atoms with Crippen LogP contribution in [0, 0.1) is 5.92 Å². The number of benzene rings is 1. The van der Waals surface area contributed by atoms with E-state index in [4.69, 9.17) is 4.74 Å². The SMILES string of the molecule is CN(CC(=O)NCCc1ccccc1)C[C@@H]1COC[C@@H](O)[C@H]1O. The van der Waals surface area contributed by atoms with Crippen LogP contribution >= 0.6 is 0 Å². The van der Waals surface area contributed by atoms with E-state index in [0.29, 0.717) is 19.7 Å². The molecule has 2 rings (SSSR count). The Balaban J connectivity index is 1.66. The number of hydrogen-bond acceptors (Lipinski definition) is 5. The van der Waals surface area contributed by atoms with Crippen LogP contribution in [0.1, 0.15) is 5.56 Å². The topological polar surface area (TPSA) is 82.0 Å². The first kappa shape index (κ1) is 17.9. The summed E-state index contributed by atoms with van der Waals surface area (Å²) in [5, 5.41) is 22.4. The zero-order valence-corrected chi connectivity index (χ0v) is 13.5. The van der Waals surface area contributed by atoms with Crippen LogP contribution in [-0.2, 0) is 16.0 Å². The molecule has 6 heteroatoms. The van der Waals surface area contributed by atoms with Crippen LogP contribution in [0.3, 0.4) is 0 Å². The van der Waals surface area contributed by atoms with E-state index in [1.807, 2.05) is 42.3 Å². The molecule has 0 spiro atoms. The van der Waals surface area contributed by atoms with E-state index in [1.165, 1.54) is 5.56 Å². The lowest BCUT2D eigenvalue weighted by atomic mass is 9.96. The van der Waals surface area contributed by atoms with Gasteiger partial charge in [0, 0.05) is 19.0 Å². The van der Waals surface area contributed by atoms with Gasteiger partial charge in [-0.15, -0.1) is 0 Å². The highest BCUT2D eigenvalue weighted by Gasteiger charge is 2.32. The normalized spacial score (nSPS) is 24.6. The van der Waals surface area contributed by atoms with Crippen molar-refractivity contribution in [3.8, 4) is 0 Å². The molecule has 0 radical (unpaired) electrons. The van der Waals surface area contributed by atoms with Crippen molar-refractivity contribution in [3.05, 3.63) is 35.9 Å². The number of aliphatic hydroxyl groups is 2. The van der Waals surface area contributed by atoms with Gasteiger partial charge in [0.1, 0.15) is 6.10 Å². The smallest absolute Gasteiger partial charge is 0.234 e. The van der Waals surface area contributed by atoms with Gasteiger partial charge < -0.3 is 20.3 Å². The molecule has 0 saturated carbocycles. The molecule has 6 nitrogen and oxygen atoms in total. The zero-order valence-electron chi connectivity index (χ0n) is 13.5. The maximum absolute atomic E-state index is 11.9. The molecule has 1 saturated heterocycles. The fourth-order valence-electron chi connectivity index (χ4n) is 2.77. The number of likely N-dealkylation sites (N-methyl/N-ethyl adjacent to an activating group) is 1. The van der Waals surface area contributed by atoms with Gasteiger partial charge in [-0.3, -0.25) is 9.69 Å². The molecule has 23 heavy (non-hydrogen) atoms. The van der Waals surface area contributed by atoms with Crippen molar-refractivity contribution in [1.82, 2.24) is 10.2 Å². The highest BCUT2D eigenvalue weighted by atomic mass is 16.5. The second-order valence-electron chi connectivity index (χ2n) is 6.14. The molecule has 1 aliphatic heterocycles. The van der Waals surface area contributed by atoms with Gasteiger partial charge in [-0.2, -0.15) is 0 Å². The second kappa shape index (κ2) is 8.98. The number of ether oxygens (including phenoxy) is 1. The molecule has 3 N–H and O–H groups in total. The Labute approximate surface area is 137 Å². The second-order valence-corrected chi connectivity index (χ2v) is 6.14. The molecule has 0 unspecified atom stereocenters. The lowest BCUT2D eigenvalue weighted by molar-refractivity contribution is -0.129. The van der Waals surface area contributed by atoms with E-state index < -0.39 is 12.2 Å². The number of carbonyl (C=O) groups is 1. The van der Waals surface area contributed by atoms with Crippen molar-refractivity contribution in [2.24, 2.45) is 5.92 Å². The van der Waals surface area contributed by atoms with Crippen LogP contribution in [0.4, 0.5) is 0 Å². The fourth-order valence-corrected chi connectivity index (χ4v) is 2.77. The van der Waals surface area contributed by atoms with Gasteiger partial charge in [0.15, 0.2) is 0 Å². The summed E-state index contributed by atoms with van der Waals surface area (Å²) in [4.78, 5) is 13.8. The number of hydrogen-bond donors (Lipinski definition) is 3. The Morgan fingerprint density at radius 2 is 2.04 bits per heavy atom. The average Bonchev–Trinajstić information content (AvgIpc) is 2.53. The van der Waals surface area contributed by atoms with Gasteiger partial charge in [0.05, 0.1) is 25.9 Å². The van der Waals surface area contributed by atoms with Crippen molar-refractivity contribution >= 4 is 5.91 Å². The van der Waals surface area contributed by atoms with Crippen LogP contribution < -0.4 is 5.32 Å². The Kier molecular flexibility index (Phi) is 6.98. The highest BCUT2D eigenvalue weighted by Crippen LogP contribution is 2.16. The average molecular weight is 322 g/mol. The standard InChI is InChI=1S/C17H26N2O4/c1-19(9-14-11-23-12-15(20)17(14)22)10-16(21)18-8-7-13-5-3-2-4-6-13/h2-6,14-15,17,20,22H,7-12H2,1H3,(H,18,21)/t14-,15-,17+/m1/s1. The Morgan fingerprint density at radius 1 is 1.30 bits per heavy atom. The van der Waals surface area contributed by atoms with E-state index in [0.717, 1.165) is 6.42 Å². The molecule has 0 bridgehead atoms. The first-order chi connectivity index (χ1) is 11.1. The first-order valence-electron chi connectivity index (χ1n) is 7.99. The number of aliphatic hydroxyl groups excluding tert-OH is 2. The molecule has 1 aromatic carbocycles. The van der Waals surface area contributed by atoms with Crippen molar-refractivity contribution in [3.63, 3.8) is 0 Å². The molecule has 0 aliphatic carbocycles. The third kappa shape index (κ3) is 5.91. The van der Waals surface area contributed by atoms with Gasteiger partial charge in [0.25, 0.3) is 0 Å². The summed E-state index contributed by atoms with van der Waals surface area (Å²) in [6.07, 6.45) is -0.841. The minimum Gasteiger partial charge on any atom is -0.390 e. The molecule has 3 atom stereocenters. The summed E-state index contributed by atoms with van der Waals surface area (Å²) in [6, 6.07) is 10.0. The number of amides is 1. The number of rotatable bonds is 7. The number of carbonyl (C=O) groups excluding carboxylic acids is 1. The van der Waals surface area contributed by atoms with E-state index in [1.54, 1.807) is 0 Å². The largest absolute Gasteiger partial charge is 0.390 e. The Morgan fingerprint density at radius 3 is 2.78 bits per heavy atom. The highest BCUT2D eigenvalue weighted by molar-refractivity contribution is 5.77. The van der Waals surface area contributed by atoms with Gasteiger partial charge in [0.2, 0.25) is 5.91 Å². The van der Waals surface area contributed by atoms with Gasteiger partial charge in [-0.1, -0.05) is 30.3 Å². The summed E-state index contributed by atoms with van der Waals surface area (Å²) in [5.74, 6) is -0.226. The number of nitrogens with one attached hydrogen (secondary N) is 1. The molecule has 1 aliphatic rings. The Bertz CT molecular complexity index is 483. The summed E-state index contributed by atoms with van der Waals surface area (Å²) in [6.45, 7) is 1.93. The van der Waals surface area contributed by atoms with Gasteiger partial charge in [-0.25, -0.2) is 0 Å². The molecule has 1 aromatic rings. The van der Waals surface area contributed by atoms with E-state index in [-0.39, 0.29) is 25.0 Å².